The van der Waals surface area contributed by atoms with Gasteiger partial charge in [0.1, 0.15) is 0 Å². The second-order valence-electron chi connectivity index (χ2n) is 0. The fourth-order valence-electron chi connectivity index (χ4n) is 0. The van der Waals surface area contributed by atoms with Crippen LogP contribution in [0.1, 0.15) is 0 Å². The third kappa shape index (κ3) is 63.3. The normalized spacial score (nSPS) is 0. The van der Waals surface area contributed by atoms with Gasteiger partial charge in [-0.15, -0.1) is 0 Å². The molecule has 0 heterocycles. The van der Waals surface area contributed by atoms with Crippen LogP contribution in [0.2, 0.25) is 0 Å². The molecule has 0 spiro atoms. The third-order valence-corrected chi connectivity index (χ3v) is 0. The van der Waals surface area contributed by atoms with E-state index < -0.39 is 0 Å². The van der Waals surface area contributed by atoms with Gasteiger partial charge in [0.2, 0.25) is 0 Å². The molecule has 0 rings (SSSR count). The van der Waals surface area contributed by atoms with Crippen molar-refractivity contribution in [2.45, 2.75) is 0 Å². The van der Waals surface area contributed by atoms with Crippen molar-refractivity contribution >= 4 is 181 Å². The van der Waals surface area contributed by atoms with Crippen molar-refractivity contribution in [3.63, 3.8) is 0 Å². The first-order valence-corrected chi connectivity index (χ1v) is 0. The Morgan fingerprint density at radius 3 is 0.400 bits per heavy atom. The largest absolute Gasteiger partial charge is 3.00 e. The molecule has 19 radical (unpaired) electrons. The molecular weight excluding hydrogens is 745 g/mol. The average molecular weight is 759 g/mol. The van der Waals surface area contributed by atoms with Crippen LogP contribution in [0, 0.1) is 0 Å². The van der Waals surface area contributed by atoms with E-state index in [4.69, 9.17) is 0 Å². The van der Waals surface area contributed by atoms with Gasteiger partial charge in [-0.2, -0.15) is 0 Å². The van der Waals surface area contributed by atoms with Gasteiger partial charge in [-0.25, -0.2) is 0 Å². The fourth-order valence-corrected chi connectivity index (χ4v) is 0. The summed E-state index contributed by atoms with van der Waals surface area (Å²) < 4.78 is 0. The van der Waals surface area contributed by atoms with Crippen LogP contribution in [0.25, 0.3) is 0 Å². The molecule has 0 aliphatic heterocycles. The van der Waals surface area contributed by atoms with Crippen LogP contribution in [-0.4, -0.2) is 181 Å². The Hall–Kier alpha value is 6.36. The molecular formula is H14CuGa7InSe. The van der Waals surface area contributed by atoms with E-state index in [2.05, 4.69) is 0 Å². The minimum atomic E-state index is 0. The van der Waals surface area contributed by atoms with Crippen LogP contribution >= 0.6 is 0 Å². The van der Waals surface area contributed by atoms with Crippen LogP contribution in [0.15, 0.2) is 0 Å². The maximum atomic E-state index is 0. The molecule has 10 heteroatoms. The summed E-state index contributed by atoms with van der Waals surface area (Å²) in [6.45, 7) is 0. The standard InChI is InChI=1S/Cu.7Ga.In.Se.14H/q+2;7*-1;+3;+2;;;;;;;;;;;;;;. The minimum absolute atomic E-state index is 0. The summed E-state index contributed by atoms with van der Waals surface area (Å²) in [4.78, 5) is 0. The molecule has 0 aromatic rings. The van der Waals surface area contributed by atoms with E-state index in [1.807, 2.05) is 0 Å². The molecule has 0 aliphatic carbocycles. The Morgan fingerprint density at radius 2 is 0.400 bits per heavy atom. The molecule has 0 saturated carbocycles. The minimum Gasteiger partial charge on any atom is 2.00 e. The van der Waals surface area contributed by atoms with E-state index in [-0.39, 0.29) is 199 Å². The van der Waals surface area contributed by atoms with Crippen LogP contribution in [0.4, 0.5) is 0 Å². The molecule has 0 N–H and O–H groups in total. The Labute approximate surface area is 194 Å². The molecule has 0 atom stereocenters. The van der Waals surface area contributed by atoms with Crippen molar-refractivity contribution < 1.29 is 17.1 Å². The van der Waals surface area contributed by atoms with Crippen molar-refractivity contribution in [3.05, 3.63) is 0 Å². The van der Waals surface area contributed by atoms with E-state index >= 15 is 0 Å². The molecule has 55 valence electrons. The molecule has 0 aromatic carbocycles. The van der Waals surface area contributed by atoms with Gasteiger partial charge in [-0.3, -0.25) is 0 Å². The molecule has 0 fully saturated rings. The molecule has 0 nitrogen and oxygen atoms in total. The summed E-state index contributed by atoms with van der Waals surface area (Å²) in [7, 11) is 0. The summed E-state index contributed by atoms with van der Waals surface area (Å²) in [6.07, 6.45) is 0. The van der Waals surface area contributed by atoms with Crippen molar-refractivity contribution in [3.8, 4) is 0 Å². The van der Waals surface area contributed by atoms with Crippen LogP contribution < -0.4 is 0 Å². The molecule has 10 heavy (non-hydrogen) atoms. The van der Waals surface area contributed by atoms with E-state index in [1.54, 1.807) is 0 Å². The van der Waals surface area contributed by atoms with Crippen molar-refractivity contribution in [1.82, 2.24) is 0 Å². The molecule has 0 amide bonds. The summed E-state index contributed by atoms with van der Waals surface area (Å²) in [5.41, 5.74) is 0. The van der Waals surface area contributed by atoms with E-state index in [1.165, 1.54) is 0 Å². The van der Waals surface area contributed by atoms with Crippen molar-refractivity contribution in [1.29, 1.82) is 0 Å². The fraction of sp³-hybridized carbons (Fsp3) is 0. The van der Waals surface area contributed by atoms with Crippen LogP contribution in [0.3, 0.4) is 0 Å². The Morgan fingerprint density at radius 1 is 0.400 bits per heavy atom. The SMILES string of the molecule is [Cu+2].[GaH2-].[GaH2-].[GaH2-].[GaH2-].[GaH2-].[GaH2-].[GaH2-].[In+3].[Se+2]. The first kappa shape index (κ1) is 95.4. The molecule has 0 aromatic heterocycles. The smallest absolute Gasteiger partial charge is 2.00 e. The van der Waals surface area contributed by atoms with E-state index in [0.29, 0.717) is 0 Å². The summed E-state index contributed by atoms with van der Waals surface area (Å²) in [5.74, 6) is 0. The Kier molecular flexibility index (Phi) is 747. The van der Waals surface area contributed by atoms with Crippen LogP contribution in [-0.2, 0) is 17.1 Å². The summed E-state index contributed by atoms with van der Waals surface area (Å²) >= 11 is 0. The van der Waals surface area contributed by atoms with Crippen molar-refractivity contribution in [2.75, 3.05) is 0 Å². The number of rotatable bonds is 0. The zero-order chi connectivity index (χ0) is 0. The topological polar surface area (TPSA) is 0 Å². The Bertz CT molecular complexity index is 13.6. The van der Waals surface area contributed by atoms with Gasteiger partial charge in [0.05, 0.1) is 0 Å². The number of hydrogen-bond donors (Lipinski definition) is 0. The predicted molar refractivity (Wildman–Crippen MR) is 71.3 cm³/mol. The van der Waals surface area contributed by atoms with Gasteiger partial charge in [0.25, 0.3) is 0 Å². The van der Waals surface area contributed by atoms with Gasteiger partial charge in [0.15, 0.2) is 0 Å². The Balaban J connectivity index is 0. The first-order chi connectivity index (χ1) is 0. The summed E-state index contributed by atoms with van der Waals surface area (Å²) in [5, 5.41) is 0. The maximum absolute atomic E-state index is 0. The van der Waals surface area contributed by atoms with Gasteiger partial charge < -0.3 is 0 Å². The molecule has 0 unspecified atom stereocenters. The first-order valence-electron chi connectivity index (χ1n) is 0. The van der Waals surface area contributed by atoms with Gasteiger partial charge in [0, 0.05) is 0 Å². The molecule has 0 saturated heterocycles. The van der Waals surface area contributed by atoms with E-state index in [0.717, 1.165) is 0 Å². The molecule has 0 bridgehead atoms. The quantitative estimate of drug-likeness (QED) is 0.216. The van der Waals surface area contributed by atoms with Crippen LogP contribution in [0.5, 0.6) is 0 Å². The van der Waals surface area contributed by atoms with Gasteiger partial charge in [-0.1, -0.05) is 0 Å². The zero-order valence-electron chi connectivity index (χ0n) is 8.29. The van der Waals surface area contributed by atoms with Gasteiger partial charge >= 0.3 is 199 Å². The van der Waals surface area contributed by atoms with Crippen molar-refractivity contribution in [2.24, 2.45) is 0 Å². The van der Waals surface area contributed by atoms with E-state index in [9.17, 15) is 0 Å². The third-order valence-electron chi connectivity index (χ3n) is 0. The zero-order valence-corrected chi connectivity index (χ0v) is 43.6. The molecule has 0 aliphatic rings. The number of hydrogen-bond acceptors (Lipinski definition) is 0. The maximum Gasteiger partial charge on any atom is 3.00 e. The second kappa shape index (κ2) is 78.3. The monoisotopic (exact) mass is 754 g/mol. The predicted octanol–water partition coefficient (Wildman–Crippen LogP) is -7.18. The van der Waals surface area contributed by atoms with Gasteiger partial charge in [-0.05, 0) is 0 Å². The average Bonchev–Trinajstić information content (AvgIpc) is 0. The summed E-state index contributed by atoms with van der Waals surface area (Å²) in [6, 6.07) is 0. The second-order valence-corrected chi connectivity index (χ2v) is 0.